The van der Waals surface area contributed by atoms with Crippen molar-refractivity contribution in [1.82, 2.24) is 10.6 Å². The number of hydrogen-bond acceptors (Lipinski definition) is 5. The lowest BCUT2D eigenvalue weighted by molar-refractivity contribution is -0.143. The first-order valence-corrected chi connectivity index (χ1v) is 6.87. The van der Waals surface area contributed by atoms with Crippen LogP contribution in [0.4, 0.5) is 0 Å². The molecule has 1 heterocycles. The normalized spacial score (nSPS) is 9.95. The van der Waals surface area contributed by atoms with Gasteiger partial charge in [-0.15, -0.1) is 0 Å². The molecule has 0 atom stereocenters. The highest BCUT2D eigenvalue weighted by molar-refractivity contribution is 5.91. The topological polar surface area (TPSA) is 97.6 Å². The average Bonchev–Trinajstić information content (AvgIpc) is 2.98. The van der Waals surface area contributed by atoms with Gasteiger partial charge in [0.2, 0.25) is 5.91 Å². The lowest BCUT2D eigenvalue weighted by Crippen LogP contribution is -2.28. The van der Waals surface area contributed by atoms with Gasteiger partial charge >= 0.3 is 5.97 Å². The fourth-order valence-electron chi connectivity index (χ4n) is 1.57. The van der Waals surface area contributed by atoms with Crippen LogP contribution in [0.5, 0.6) is 0 Å². The van der Waals surface area contributed by atoms with Crippen LogP contribution in [-0.2, 0) is 14.3 Å². The van der Waals surface area contributed by atoms with Crippen LogP contribution in [0.15, 0.2) is 22.8 Å². The molecule has 0 aliphatic heterocycles. The number of carbonyl (C=O) groups excluding carboxylic acids is 3. The van der Waals surface area contributed by atoms with Gasteiger partial charge in [0.1, 0.15) is 0 Å². The number of hydrogen-bond donors (Lipinski definition) is 2. The Morgan fingerprint density at radius 2 is 2.00 bits per heavy atom. The molecule has 0 spiro atoms. The van der Waals surface area contributed by atoms with Gasteiger partial charge in [0.05, 0.1) is 19.3 Å². The summed E-state index contributed by atoms with van der Waals surface area (Å²) in [4.78, 5) is 34.0. The maximum atomic E-state index is 11.5. The van der Waals surface area contributed by atoms with Gasteiger partial charge in [0.15, 0.2) is 5.76 Å². The number of furan rings is 1. The van der Waals surface area contributed by atoms with Crippen molar-refractivity contribution in [3.8, 4) is 0 Å². The molecular formula is C14H20N2O5. The smallest absolute Gasteiger partial charge is 0.307 e. The Kier molecular flexibility index (Phi) is 7.63. The van der Waals surface area contributed by atoms with Crippen molar-refractivity contribution < 1.29 is 23.5 Å². The van der Waals surface area contributed by atoms with E-state index in [1.807, 2.05) is 0 Å². The van der Waals surface area contributed by atoms with E-state index in [1.165, 1.54) is 6.26 Å². The van der Waals surface area contributed by atoms with Gasteiger partial charge in [-0.2, -0.15) is 0 Å². The summed E-state index contributed by atoms with van der Waals surface area (Å²) in [5.74, 6) is -0.549. The Morgan fingerprint density at radius 3 is 2.67 bits per heavy atom. The van der Waals surface area contributed by atoms with Crippen LogP contribution in [0.25, 0.3) is 0 Å². The molecule has 0 saturated carbocycles. The standard InChI is InChI=1S/C14H20N2O5/c1-2-20-13(18)7-9-15-12(17)6-3-8-16-14(19)11-5-4-10-21-11/h4-5,10H,2-3,6-9H2,1H3,(H,15,17)(H,16,19). The minimum atomic E-state index is -0.330. The molecule has 1 aromatic heterocycles. The summed E-state index contributed by atoms with van der Waals surface area (Å²) >= 11 is 0. The van der Waals surface area contributed by atoms with Crippen molar-refractivity contribution in [2.24, 2.45) is 0 Å². The lowest BCUT2D eigenvalue weighted by atomic mass is 10.3. The van der Waals surface area contributed by atoms with Crippen LogP contribution in [0.2, 0.25) is 0 Å². The molecule has 1 aromatic rings. The number of esters is 1. The van der Waals surface area contributed by atoms with Gasteiger partial charge in [0, 0.05) is 19.5 Å². The molecule has 7 heteroatoms. The second-order valence-electron chi connectivity index (χ2n) is 4.24. The van der Waals surface area contributed by atoms with E-state index < -0.39 is 0 Å². The third kappa shape index (κ3) is 7.14. The Morgan fingerprint density at radius 1 is 1.19 bits per heavy atom. The van der Waals surface area contributed by atoms with E-state index in [-0.39, 0.29) is 42.9 Å². The maximum Gasteiger partial charge on any atom is 0.307 e. The summed E-state index contributed by atoms with van der Waals surface area (Å²) in [6.45, 7) is 2.71. The molecule has 116 valence electrons. The Bertz CT molecular complexity index is 456. The van der Waals surface area contributed by atoms with E-state index in [0.717, 1.165) is 0 Å². The number of amides is 2. The second-order valence-corrected chi connectivity index (χ2v) is 4.24. The van der Waals surface area contributed by atoms with Crippen molar-refractivity contribution in [2.75, 3.05) is 19.7 Å². The van der Waals surface area contributed by atoms with Gasteiger partial charge in [0.25, 0.3) is 5.91 Å². The van der Waals surface area contributed by atoms with E-state index in [4.69, 9.17) is 9.15 Å². The largest absolute Gasteiger partial charge is 0.466 e. The third-order valence-corrected chi connectivity index (χ3v) is 2.57. The molecule has 0 saturated heterocycles. The number of carbonyl (C=O) groups is 3. The molecule has 2 amide bonds. The van der Waals surface area contributed by atoms with Crippen LogP contribution < -0.4 is 10.6 Å². The first-order chi connectivity index (χ1) is 10.1. The van der Waals surface area contributed by atoms with Crippen molar-refractivity contribution in [3.63, 3.8) is 0 Å². The summed E-state index contributed by atoms with van der Waals surface area (Å²) < 4.78 is 9.67. The molecule has 0 fully saturated rings. The van der Waals surface area contributed by atoms with Gasteiger partial charge in [-0.3, -0.25) is 14.4 Å². The van der Waals surface area contributed by atoms with E-state index in [9.17, 15) is 14.4 Å². The summed E-state index contributed by atoms with van der Waals surface area (Å²) in [6, 6.07) is 3.20. The third-order valence-electron chi connectivity index (χ3n) is 2.57. The zero-order valence-electron chi connectivity index (χ0n) is 12.0. The summed E-state index contributed by atoms with van der Waals surface area (Å²) in [6.07, 6.45) is 2.37. The number of ether oxygens (including phenoxy) is 1. The zero-order chi connectivity index (χ0) is 15.5. The minimum absolute atomic E-state index is 0.161. The van der Waals surface area contributed by atoms with Crippen LogP contribution in [0.1, 0.15) is 36.7 Å². The summed E-state index contributed by atoms with van der Waals surface area (Å²) in [5, 5.41) is 5.26. The molecule has 0 aromatic carbocycles. The van der Waals surface area contributed by atoms with E-state index in [0.29, 0.717) is 19.6 Å². The molecule has 0 aliphatic carbocycles. The average molecular weight is 296 g/mol. The van der Waals surface area contributed by atoms with Crippen molar-refractivity contribution in [2.45, 2.75) is 26.2 Å². The second kappa shape index (κ2) is 9.57. The highest BCUT2D eigenvalue weighted by Crippen LogP contribution is 1.99. The predicted octanol–water partition coefficient (Wildman–Crippen LogP) is 0.859. The maximum absolute atomic E-state index is 11.5. The van der Waals surface area contributed by atoms with E-state index >= 15 is 0 Å². The quantitative estimate of drug-likeness (QED) is 0.520. The molecule has 1 rings (SSSR count). The Hall–Kier alpha value is -2.31. The van der Waals surface area contributed by atoms with Crippen molar-refractivity contribution in [3.05, 3.63) is 24.2 Å². The first-order valence-electron chi connectivity index (χ1n) is 6.87. The van der Waals surface area contributed by atoms with Gasteiger partial charge in [-0.1, -0.05) is 0 Å². The SMILES string of the molecule is CCOC(=O)CCNC(=O)CCCNC(=O)c1ccco1. The number of nitrogens with one attached hydrogen (secondary N) is 2. The van der Waals surface area contributed by atoms with Crippen molar-refractivity contribution >= 4 is 17.8 Å². The fraction of sp³-hybridized carbons (Fsp3) is 0.500. The molecular weight excluding hydrogens is 276 g/mol. The van der Waals surface area contributed by atoms with E-state index in [1.54, 1.807) is 19.1 Å². The van der Waals surface area contributed by atoms with Crippen LogP contribution in [0.3, 0.4) is 0 Å². The molecule has 0 radical (unpaired) electrons. The highest BCUT2D eigenvalue weighted by atomic mass is 16.5. The predicted molar refractivity (Wildman–Crippen MR) is 74.5 cm³/mol. The lowest BCUT2D eigenvalue weighted by Gasteiger charge is -2.05. The van der Waals surface area contributed by atoms with E-state index in [2.05, 4.69) is 10.6 Å². The van der Waals surface area contributed by atoms with Gasteiger partial charge in [-0.25, -0.2) is 0 Å². The molecule has 21 heavy (non-hydrogen) atoms. The van der Waals surface area contributed by atoms with Crippen LogP contribution >= 0.6 is 0 Å². The Labute approximate surface area is 123 Å². The highest BCUT2D eigenvalue weighted by Gasteiger charge is 2.08. The van der Waals surface area contributed by atoms with Crippen molar-refractivity contribution in [1.29, 1.82) is 0 Å². The number of rotatable bonds is 9. The summed E-state index contributed by atoms with van der Waals surface area (Å²) in [5.41, 5.74) is 0. The van der Waals surface area contributed by atoms with Gasteiger partial charge < -0.3 is 19.8 Å². The van der Waals surface area contributed by atoms with Crippen LogP contribution in [-0.4, -0.2) is 37.5 Å². The summed E-state index contributed by atoms with van der Waals surface area (Å²) in [7, 11) is 0. The molecule has 2 N–H and O–H groups in total. The molecule has 0 unspecified atom stereocenters. The monoisotopic (exact) mass is 296 g/mol. The van der Waals surface area contributed by atoms with Crippen LogP contribution in [0, 0.1) is 0 Å². The zero-order valence-corrected chi connectivity index (χ0v) is 12.0. The fourth-order valence-corrected chi connectivity index (χ4v) is 1.57. The van der Waals surface area contributed by atoms with Gasteiger partial charge in [-0.05, 0) is 25.5 Å². The molecule has 7 nitrogen and oxygen atoms in total. The first kappa shape index (κ1) is 16.7. The minimum Gasteiger partial charge on any atom is -0.466 e. The molecule has 0 bridgehead atoms. The molecule has 0 aliphatic rings. The Balaban J connectivity index is 2.03.